The van der Waals surface area contributed by atoms with Crippen LogP contribution in [0.15, 0.2) is 41.3 Å². The Balaban J connectivity index is 1.97. The van der Waals surface area contributed by atoms with E-state index < -0.39 is 28.9 Å². The zero-order valence-corrected chi connectivity index (χ0v) is 13.3. The molecule has 0 atom stereocenters. The third kappa shape index (κ3) is 3.02. The minimum Gasteiger partial charge on any atom is -0.327 e. The number of halogens is 4. The van der Waals surface area contributed by atoms with Crippen molar-refractivity contribution in [2.45, 2.75) is 6.18 Å². The molecule has 3 rings (SSSR count). The van der Waals surface area contributed by atoms with Gasteiger partial charge in [-0.25, -0.2) is 0 Å². The van der Waals surface area contributed by atoms with Crippen LogP contribution in [-0.4, -0.2) is 10.9 Å². The van der Waals surface area contributed by atoms with Gasteiger partial charge in [-0.2, -0.15) is 13.2 Å². The average Bonchev–Trinajstić information content (AvgIpc) is 2.86. The van der Waals surface area contributed by atoms with Crippen LogP contribution in [0.2, 0.25) is 5.02 Å². The molecule has 1 aromatic carbocycles. The van der Waals surface area contributed by atoms with Crippen LogP contribution < -0.4 is 10.9 Å². The van der Waals surface area contributed by atoms with Gasteiger partial charge in [-0.05, 0) is 12.1 Å². The highest BCUT2D eigenvalue weighted by Crippen LogP contribution is 2.35. The number of aromatic nitrogens is 1. The van der Waals surface area contributed by atoms with E-state index in [0.29, 0.717) is 17.6 Å². The molecule has 2 aromatic heterocycles. The lowest BCUT2D eigenvalue weighted by atomic mass is 10.2. The van der Waals surface area contributed by atoms with E-state index in [1.807, 2.05) is 4.98 Å². The Hall–Kier alpha value is -2.32. The average molecular weight is 373 g/mol. The van der Waals surface area contributed by atoms with E-state index in [1.165, 1.54) is 0 Å². The molecule has 9 heteroatoms. The van der Waals surface area contributed by atoms with E-state index in [1.54, 1.807) is 24.3 Å². The maximum atomic E-state index is 12.7. The van der Waals surface area contributed by atoms with Crippen LogP contribution in [0.4, 0.5) is 18.9 Å². The first-order valence-corrected chi connectivity index (χ1v) is 7.75. The van der Waals surface area contributed by atoms with Gasteiger partial charge in [0.15, 0.2) is 0 Å². The van der Waals surface area contributed by atoms with Crippen molar-refractivity contribution in [2.24, 2.45) is 0 Å². The summed E-state index contributed by atoms with van der Waals surface area (Å²) in [5.74, 6) is -0.744. The van der Waals surface area contributed by atoms with Crippen molar-refractivity contribution in [3.05, 3.63) is 62.3 Å². The number of benzene rings is 1. The molecule has 3 aromatic rings. The second-order valence-electron chi connectivity index (χ2n) is 4.82. The number of fused-ring (bicyclic) bond motifs is 1. The molecule has 0 aliphatic heterocycles. The number of aromatic amines is 1. The highest BCUT2D eigenvalue weighted by atomic mass is 35.5. The summed E-state index contributed by atoms with van der Waals surface area (Å²) in [5.41, 5.74) is -2.41. The minimum atomic E-state index is -4.64. The molecule has 0 aliphatic rings. The predicted octanol–water partition coefficient (Wildman–Crippen LogP) is 4.51. The number of amides is 1. The van der Waals surface area contributed by atoms with Crippen molar-refractivity contribution in [1.82, 2.24) is 4.98 Å². The number of carbonyl (C=O) groups is 1. The van der Waals surface area contributed by atoms with E-state index in [9.17, 15) is 22.8 Å². The first-order chi connectivity index (χ1) is 11.3. The lowest BCUT2D eigenvalue weighted by Crippen LogP contribution is -2.21. The Kier molecular flexibility index (Phi) is 4.10. The van der Waals surface area contributed by atoms with Gasteiger partial charge in [-0.3, -0.25) is 9.59 Å². The van der Waals surface area contributed by atoms with Crippen LogP contribution in [0.25, 0.3) is 10.1 Å². The van der Waals surface area contributed by atoms with Gasteiger partial charge >= 0.3 is 6.18 Å². The summed E-state index contributed by atoms with van der Waals surface area (Å²) < 4.78 is 38.9. The number of rotatable bonds is 2. The van der Waals surface area contributed by atoms with Crippen molar-refractivity contribution in [3.8, 4) is 0 Å². The lowest BCUT2D eigenvalue weighted by molar-refractivity contribution is -0.137. The van der Waals surface area contributed by atoms with Crippen LogP contribution in [-0.2, 0) is 6.18 Å². The summed E-state index contributed by atoms with van der Waals surface area (Å²) >= 11 is 7.23. The second kappa shape index (κ2) is 5.95. The molecule has 1 amide bonds. The Morgan fingerprint density at radius 1 is 1.25 bits per heavy atom. The van der Waals surface area contributed by atoms with E-state index >= 15 is 0 Å². The molecule has 0 fully saturated rings. The van der Waals surface area contributed by atoms with E-state index in [4.69, 9.17) is 11.6 Å². The Morgan fingerprint density at radius 3 is 2.62 bits per heavy atom. The molecule has 24 heavy (non-hydrogen) atoms. The molecule has 0 spiro atoms. The minimum absolute atomic E-state index is 0.120. The normalized spacial score (nSPS) is 11.7. The molecular formula is C15H8ClF3N2O2S. The molecule has 2 N–H and O–H groups in total. The fourth-order valence-electron chi connectivity index (χ4n) is 2.08. The molecule has 0 saturated heterocycles. The fourth-order valence-corrected chi connectivity index (χ4v) is 3.49. The Bertz CT molecular complexity index is 994. The summed E-state index contributed by atoms with van der Waals surface area (Å²) in [4.78, 5) is 26.0. The summed E-state index contributed by atoms with van der Waals surface area (Å²) in [5, 5.41) is 3.03. The maximum Gasteiger partial charge on any atom is 0.417 e. The summed E-state index contributed by atoms with van der Waals surface area (Å²) in [6.07, 6.45) is -4.09. The van der Waals surface area contributed by atoms with Gasteiger partial charge < -0.3 is 10.3 Å². The molecule has 0 saturated carbocycles. The predicted molar refractivity (Wildman–Crippen MR) is 86.9 cm³/mol. The highest BCUT2D eigenvalue weighted by molar-refractivity contribution is 7.21. The van der Waals surface area contributed by atoms with Gasteiger partial charge in [-0.1, -0.05) is 29.8 Å². The van der Waals surface area contributed by atoms with E-state index in [2.05, 4.69) is 5.32 Å². The van der Waals surface area contributed by atoms with Crippen LogP contribution in [0.5, 0.6) is 0 Å². The van der Waals surface area contributed by atoms with Crippen LogP contribution >= 0.6 is 22.9 Å². The summed E-state index contributed by atoms with van der Waals surface area (Å²) in [6.45, 7) is 0. The topological polar surface area (TPSA) is 62.0 Å². The lowest BCUT2D eigenvalue weighted by Gasteiger charge is -2.08. The molecule has 4 nitrogen and oxygen atoms in total. The largest absolute Gasteiger partial charge is 0.417 e. The van der Waals surface area contributed by atoms with Gasteiger partial charge in [0.1, 0.15) is 10.6 Å². The quantitative estimate of drug-likeness (QED) is 0.695. The second-order valence-corrected chi connectivity index (χ2v) is 6.25. The van der Waals surface area contributed by atoms with E-state index in [-0.39, 0.29) is 9.90 Å². The number of hydrogen-bond acceptors (Lipinski definition) is 3. The SMILES string of the molecule is O=C(Nc1cc(C(F)(F)F)c[nH]c1=O)c1sc2ccccc2c1Cl. The number of pyridine rings is 1. The number of thiophene rings is 1. The zero-order chi connectivity index (χ0) is 17.5. The first kappa shape index (κ1) is 16.5. The fraction of sp³-hybridized carbons (Fsp3) is 0.0667. The van der Waals surface area contributed by atoms with Crippen molar-refractivity contribution < 1.29 is 18.0 Å². The summed E-state index contributed by atoms with van der Waals surface area (Å²) in [7, 11) is 0. The monoisotopic (exact) mass is 372 g/mol. The standard InChI is InChI=1S/C15H8ClF3N2O2S/c16-11-8-3-1-2-4-10(8)24-12(11)14(23)21-9-5-7(15(17,18)19)6-20-13(9)22/h1-6H,(H,20,22)(H,21,23). The van der Waals surface area contributed by atoms with Gasteiger partial charge in [0.05, 0.1) is 10.6 Å². The number of carbonyl (C=O) groups excluding carboxylic acids is 1. The summed E-state index contributed by atoms with van der Waals surface area (Å²) in [6, 6.07) is 7.59. The molecule has 2 heterocycles. The third-order valence-corrected chi connectivity index (χ3v) is 4.89. The number of hydrogen-bond donors (Lipinski definition) is 2. The van der Waals surface area contributed by atoms with Crippen molar-refractivity contribution in [3.63, 3.8) is 0 Å². The third-order valence-electron chi connectivity index (χ3n) is 3.22. The van der Waals surface area contributed by atoms with Gasteiger partial charge in [-0.15, -0.1) is 11.3 Å². The molecule has 0 radical (unpaired) electrons. The maximum absolute atomic E-state index is 12.7. The van der Waals surface area contributed by atoms with Crippen LogP contribution in [0, 0.1) is 0 Å². The number of nitrogens with one attached hydrogen (secondary N) is 2. The van der Waals surface area contributed by atoms with E-state index in [0.717, 1.165) is 16.0 Å². The zero-order valence-electron chi connectivity index (χ0n) is 11.7. The highest BCUT2D eigenvalue weighted by Gasteiger charge is 2.31. The molecule has 0 bridgehead atoms. The van der Waals surface area contributed by atoms with Crippen LogP contribution in [0.3, 0.4) is 0 Å². The molecule has 124 valence electrons. The Labute approximate surface area is 141 Å². The smallest absolute Gasteiger partial charge is 0.327 e. The number of anilines is 1. The van der Waals surface area contributed by atoms with Crippen molar-refractivity contribution in [2.75, 3.05) is 5.32 Å². The van der Waals surface area contributed by atoms with Gasteiger partial charge in [0.25, 0.3) is 11.5 Å². The van der Waals surface area contributed by atoms with Crippen LogP contribution in [0.1, 0.15) is 15.2 Å². The van der Waals surface area contributed by atoms with Gasteiger partial charge in [0, 0.05) is 16.3 Å². The number of H-pyrrole nitrogens is 1. The molecular weight excluding hydrogens is 365 g/mol. The molecule has 0 unspecified atom stereocenters. The Morgan fingerprint density at radius 2 is 1.96 bits per heavy atom. The molecule has 0 aliphatic carbocycles. The van der Waals surface area contributed by atoms with Crippen molar-refractivity contribution >= 4 is 44.6 Å². The number of alkyl halides is 3. The first-order valence-electron chi connectivity index (χ1n) is 6.55. The van der Waals surface area contributed by atoms with Gasteiger partial charge in [0.2, 0.25) is 0 Å². The van der Waals surface area contributed by atoms with Crippen molar-refractivity contribution in [1.29, 1.82) is 0 Å².